The van der Waals surface area contributed by atoms with E-state index in [0.29, 0.717) is 0 Å². The molecule has 1 N–H and O–H groups in total. The average Bonchev–Trinajstić information content (AvgIpc) is 2.92. The van der Waals surface area contributed by atoms with Crippen molar-refractivity contribution in [1.29, 1.82) is 0 Å². The number of H-pyrrole nitrogens is 1. The molecule has 1 aromatic carbocycles. The van der Waals surface area contributed by atoms with E-state index < -0.39 is 4.92 Å². The van der Waals surface area contributed by atoms with Crippen LogP contribution in [-0.4, -0.2) is 19.7 Å². The Bertz CT molecular complexity index is 726. The van der Waals surface area contributed by atoms with Crippen LogP contribution in [0.25, 0.3) is 17.0 Å². The third-order valence-corrected chi connectivity index (χ3v) is 2.80. The quantitative estimate of drug-likeness (QED) is 0.416. The lowest BCUT2D eigenvalue weighted by atomic mass is 10.1. The highest BCUT2D eigenvalue weighted by Crippen LogP contribution is 2.20. The van der Waals surface area contributed by atoms with Gasteiger partial charge in [-0.2, -0.15) is 4.40 Å². The van der Waals surface area contributed by atoms with E-state index in [0.717, 1.165) is 17.0 Å². The van der Waals surface area contributed by atoms with Gasteiger partial charge in [-0.25, -0.2) is 0 Å². The molecule has 0 spiro atoms. The highest BCUT2D eigenvalue weighted by Gasteiger charge is 2.13. The van der Waals surface area contributed by atoms with Gasteiger partial charge < -0.3 is 0 Å². The molecule has 7 nitrogen and oxygen atoms in total. The minimum Gasteiger partial charge on any atom is -0.259 e. The number of nitrogens with one attached hydrogen (secondary N) is 1. The summed E-state index contributed by atoms with van der Waals surface area (Å²) in [6.07, 6.45) is 3.59. The van der Waals surface area contributed by atoms with E-state index in [9.17, 15) is 10.1 Å². The number of benzene rings is 1. The van der Waals surface area contributed by atoms with E-state index in [-0.39, 0.29) is 5.69 Å². The lowest BCUT2D eigenvalue weighted by Gasteiger charge is -1.94. The van der Waals surface area contributed by atoms with E-state index in [4.69, 9.17) is 0 Å². The van der Waals surface area contributed by atoms with Gasteiger partial charge in [-0.1, -0.05) is 0 Å². The van der Waals surface area contributed by atoms with Gasteiger partial charge >= 0.3 is 5.78 Å². The first kappa shape index (κ1) is 10.5. The van der Waals surface area contributed by atoms with E-state index in [1.54, 1.807) is 23.1 Å². The zero-order chi connectivity index (χ0) is 12.7. The third kappa shape index (κ3) is 1.53. The third-order valence-electron chi connectivity index (χ3n) is 2.80. The number of non-ortho nitro benzene ring substituents is 1. The fraction of sp³-hybridized carbons (Fsp3) is 0.0909. The second-order valence-corrected chi connectivity index (χ2v) is 3.96. The fourth-order valence-corrected chi connectivity index (χ4v) is 1.85. The van der Waals surface area contributed by atoms with Crippen LogP contribution in [-0.2, 0) is 7.05 Å². The number of nitro groups is 1. The van der Waals surface area contributed by atoms with E-state index in [1.807, 2.05) is 17.6 Å². The van der Waals surface area contributed by atoms with Crippen molar-refractivity contribution >= 4 is 11.5 Å². The molecule has 0 fully saturated rings. The molecule has 0 aliphatic carbocycles. The molecule has 0 atom stereocenters. The van der Waals surface area contributed by atoms with Gasteiger partial charge in [0.05, 0.1) is 18.2 Å². The molecule has 0 bridgehead atoms. The van der Waals surface area contributed by atoms with Crippen LogP contribution >= 0.6 is 0 Å². The Kier molecular flexibility index (Phi) is 2.12. The van der Waals surface area contributed by atoms with Gasteiger partial charge in [0.2, 0.25) is 6.33 Å². The summed E-state index contributed by atoms with van der Waals surface area (Å²) in [6.45, 7) is 0. The summed E-state index contributed by atoms with van der Waals surface area (Å²) in [5.74, 6) is 0.850. The van der Waals surface area contributed by atoms with Gasteiger partial charge in [-0.05, 0) is 17.2 Å². The molecule has 0 aliphatic heterocycles. The summed E-state index contributed by atoms with van der Waals surface area (Å²) >= 11 is 0. The van der Waals surface area contributed by atoms with E-state index >= 15 is 0 Å². The first-order chi connectivity index (χ1) is 8.65. The van der Waals surface area contributed by atoms with Gasteiger partial charge in [0.1, 0.15) is 5.69 Å². The maximum absolute atomic E-state index is 10.6. The molecule has 0 radical (unpaired) electrons. The Morgan fingerprint density at radius 2 is 2.11 bits per heavy atom. The zero-order valence-corrected chi connectivity index (χ0v) is 9.57. The molecule has 3 rings (SSSR count). The highest BCUT2D eigenvalue weighted by molar-refractivity contribution is 5.60. The Balaban J connectivity index is 2.05. The topological polar surface area (TPSA) is 80.8 Å². The summed E-state index contributed by atoms with van der Waals surface area (Å²) in [5, 5.41) is 14.7. The highest BCUT2D eigenvalue weighted by atomic mass is 16.6. The van der Waals surface area contributed by atoms with Crippen LogP contribution in [0.2, 0.25) is 0 Å². The number of imidazole rings is 1. The molecule has 0 unspecified atom stereocenters. The Morgan fingerprint density at radius 1 is 1.39 bits per heavy atom. The van der Waals surface area contributed by atoms with Gasteiger partial charge in [0.25, 0.3) is 5.69 Å². The van der Waals surface area contributed by atoms with Crippen molar-refractivity contribution in [3.63, 3.8) is 0 Å². The number of aromatic amines is 1. The van der Waals surface area contributed by atoms with Crippen LogP contribution in [0.1, 0.15) is 0 Å². The van der Waals surface area contributed by atoms with Crippen molar-refractivity contribution in [3.8, 4) is 11.3 Å². The molecule has 2 heterocycles. The van der Waals surface area contributed by atoms with Crippen molar-refractivity contribution in [2.45, 2.75) is 0 Å². The lowest BCUT2D eigenvalue weighted by Crippen LogP contribution is -2.14. The predicted octanol–water partition coefficient (Wildman–Crippen LogP) is 1.06. The Morgan fingerprint density at radius 3 is 2.72 bits per heavy atom. The molecule has 90 valence electrons. The number of fused-ring (bicyclic) bond motifs is 1. The number of aryl methyl sites for hydroxylation is 1. The summed E-state index contributed by atoms with van der Waals surface area (Å²) < 4.78 is 3.58. The number of nitrogens with zero attached hydrogens (tertiary/aromatic N) is 4. The minimum atomic E-state index is -0.409. The van der Waals surface area contributed by atoms with Crippen molar-refractivity contribution in [3.05, 3.63) is 46.9 Å². The number of aromatic nitrogens is 4. The smallest absolute Gasteiger partial charge is 0.259 e. The maximum atomic E-state index is 10.6. The molecular formula is C11H10N5O2+. The number of hydrogen-bond acceptors (Lipinski definition) is 3. The van der Waals surface area contributed by atoms with Crippen LogP contribution in [0, 0.1) is 10.1 Å². The van der Waals surface area contributed by atoms with Gasteiger partial charge in [-0.3, -0.25) is 15.1 Å². The molecule has 0 saturated heterocycles. The predicted molar refractivity (Wildman–Crippen MR) is 62.8 cm³/mol. The molecule has 7 heteroatoms. The molecule has 2 aromatic heterocycles. The molecule has 0 saturated carbocycles. The van der Waals surface area contributed by atoms with Crippen molar-refractivity contribution < 1.29 is 9.32 Å². The average molecular weight is 244 g/mol. The Labute approximate surface area is 101 Å². The first-order valence-corrected chi connectivity index (χ1v) is 5.32. The van der Waals surface area contributed by atoms with E-state index in [2.05, 4.69) is 10.1 Å². The summed E-state index contributed by atoms with van der Waals surface area (Å²) in [7, 11) is 1.84. The monoisotopic (exact) mass is 244 g/mol. The number of nitro benzene ring substituents is 1. The van der Waals surface area contributed by atoms with Gasteiger partial charge in [0, 0.05) is 17.7 Å². The van der Waals surface area contributed by atoms with E-state index in [1.165, 1.54) is 12.1 Å². The van der Waals surface area contributed by atoms with Crippen LogP contribution in [0.5, 0.6) is 0 Å². The molecule has 3 aromatic rings. The summed E-state index contributed by atoms with van der Waals surface area (Å²) in [5.41, 5.74) is 1.87. The molecule has 0 amide bonds. The molecule has 0 aliphatic rings. The van der Waals surface area contributed by atoms with Crippen LogP contribution in [0.3, 0.4) is 0 Å². The van der Waals surface area contributed by atoms with Gasteiger partial charge in [-0.15, -0.1) is 4.68 Å². The largest absolute Gasteiger partial charge is 0.353 e. The van der Waals surface area contributed by atoms with Crippen molar-refractivity contribution in [1.82, 2.24) is 14.8 Å². The second kappa shape index (κ2) is 3.66. The SMILES string of the molecule is Cn1nc[n+]2cc(-c3ccc([N+](=O)[O-])cc3)[nH]c12. The number of hydrogen-bond donors (Lipinski definition) is 1. The normalized spacial score (nSPS) is 10.9. The molecule has 18 heavy (non-hydrogen) atoms. The van der Waals surface area contributed by atoms with Crippen LogP contribution < -0.4 is 4.40 Å². The number of rotatable bonds is 2. The van der Waals surface area contributed by atoms with Crippen molar-refractivity contribution in [2.24, 2.45) is 7.05 Å². The molecular weight excluding hydrogens is 234 g/mol. The Hall–Kier alpha value is -2.70. The lowest BCUT2D eigenvalue weighted by molar-refractivity contribution is -0.510. The van der Waals surface area contributed by atoms with Crippen LogP contribution in [0.15, 0.2) is 36.8 Å². The summed E-state index contributed by atoms with van der Waals surface area (Å²) in [6, 6.07) is 6.42. The summed E-state index contributed by atoms with van der Waals surface area (Å²) in [4.78, 5) is 13.4. The maximum Gasteiger partial charge on any atom is 0.353 e. The van der Waals surface area contributed by atoms with Crippen molar-refractivity contribution in [2.75, 3.05) is 0 Å². The first-order valence-electron chi connectivity index (χ1n) is 5.32. The van der Waals surface area contributed by atoms with Gasteiger partial charge in [0.15, 0.2) is 0 Å². The fourth-order valence-electron chi connectivity index (χ4n) is 1.85. The zero-order valence-electron chi connectivity index (χ0n) is 9.57. The standard InChI is InChI=1S/C11H9N5O2/c1-14-11-13-10(6-15(11)7-12-14)8-2-4-9(5-3-8)16(17)18/h2-7H,1H3/p+1. The minimum absolute atomic E-state index is 0.0872. The van der Waals surface area contributed by atoms with Crippen LogP contribution in [0.4, 0.5) is 5.69 Å². The second-order valence-electron chi connectivity index (χ2n) is 3.96.